The van der Waals surface area contributed by atoms with E-state index in [1.54, 1.807) is 11.1 Å². The maximum Gasteiger partial charge on any atom is 0.0540 e. The van der Waals surface area contributed by atoms with Crippen molar-refractivity contribution in [2.75, 3.05) is 9.80 Å². The lowest BCUT2D eigenvalue weighted by Crippen LogP contribution is -2.11. The van der Waals surface area contributed by atoms with Gasteiger partial charge in [-0.05, 0) is 192 Å². The first kappa shape index (κ1) is 48.9. The molecule has 0 spiro atoms. The highest BCUT2D eigenvalue weighted by Crippen LogP contribution is 2.49. The molecule has 11 aromatic rings. The Morgan fingerprint density at radius 2 is 0.551 bits per heavy atom. The highest BCUT2D eigenvalue weighted by Gasteiger charge is 2.23. The highest BCUT2D eigenvalue weighted by molar-refractivity contribution is 6.35. The van der Waals surface area contributed by atoms with Gasteiger partial charge in [0.1, 0.15) is 0 Å². The quantitative estimate of drug-likeness (QED) is 0.0684. The molecule has 78 heavy (non-hydrogen) atoms. The van der Waals surface area contributed by atoms with Gasteiger partial charge >= 0.3 is 0 Å². The van der Waals surface area contributed by atoms with E-state index in [1.807, 2.05) is 0 Å². The maximum atomic E-state index is 2.46. The first-order valence-corrected chi connectivity index (χ1v) is 28.5. The molecule has 0 unspecified atom stereocenters. The van der Waals surface area contributed by atoms with Gasteiger partial charge in [0.15, 0.2) is 0 Å². The van der Waals surface area contributed by atoms with Gasteiger partial charge in [0.2, 0.25) is 0 Å². The third kappa shape index (κ3) is 10.1. The predicted octanol–water partition coefficient (Wildman–Crippen LogP) is 22.3. The molecule has 380 valence electrons. The predicted molar refractivity (Wildman–Crippen MR) is 339 cm³/mol. The number of hydrogen-bond donors (Lipinski definition) is 0. The van der Waals surface area contributed by atoms with E-state index in [1.165, 1.54) is 152 Å². The summed E-state index contributed by atoms with van der Waals surface area (Å²) in [4.78, 5) is 4.93. The molecule has 13 rings (SSSR count). The molecule has 0 amide bonds. The number of hydrogen-bond acceptors (Lipinski definition) is 2. The summed E-state index contributed by atoms with van der Waals surface area (Å²) in [7, 11) is 0. The summed E-state index contributed by atoms with van der Waals surface area (Å²) >= 11 is 0. The molecule has 0 aliphatic heterocycles. The van der Waals surface area contributed by atoms with Crippen molar-refractivity contribution in [3.8, 4) is 0 Å². The fourth-order valence-electron chi connectivity index (χ4n) is 12.3. The van der Waals surface area contributed by atoms with Crippen LogP contribution < -0.4 is 9.80 Å². The van der Waals surface area contributed by atoms with Gasteiger partial charge < -0.3 is 9.80 Å². The Bertz CT molecular complexity index is 3740. The van der Waals surface area contributed by atoms with Crippen LogP contribution in [0, 0.1) is 13.8 Å². The molecule has 0 aromatic heterocycles. The zero-order valence-electron chi connectivity index (χ0n) is 45.1. The second kappa shape index (κ2) is 21.7. The van der Waals surface area contributed by atoms with Gasteiger partial charge in [0, 0.05) is 33.5 Å². The number of fused-ring (bicyclic) bond motifs is 2. The molecule has 2 nitrogen and oxygen atoms in total. The minimum Gasteiger partial charge on any atom is -0.310 e. The molecule has 0 heterocycles. The van der Waals surface area contributed by atoms with Crippen molar-refractivity contribution in [2.45, 2.75) is 78.1 Å². The minimum atomic E-state index is 1.12. The molecule has 2 aliphatic rings. The maximum absolute atomic E-state index is 2.46. The normalized spacial score (nSPS) is 14.1. The summed E-state index contributed by atoms with van der Waals surface area (Å²) in [5, 5.41) is 10.1. The van der Waals surface area contributed by atoms with Crippen molar-refractivity contribution in [3.05, 3.63) is 262 Å². The van der Waals surface area contributed by atoms with Crippen LogP contribution in [0.15, 0.2) is 217 Å². The third-order valence-electron chi connectivity index (χ3n) is 16.5. The fourth-order valence-corrected chi connectivity index (χ4v) is 12.3. The Hall–Kier alpha value is -8.72. The molecule has 0 N–H and O–H groups in total. The van der Waals surface area contributed by atoms with Crippen LogP contribution in [-0.4, -0.2) is 0 Å². The van der Waals surface area contributed by atoms with Crippen molar-refractivity contribution in [3.63, 3.8) is 0 Å². The standard InChI is InChI=1S/C76H66N2/c1-53-19-23-55(24-20-53)27-29-57-31-39-63(40-32-57)77(65-43-35-61(36-44-65)51-59-11-5-3-6-12-59)73-49-47-69-68-16-10-18-72-74(50-48-70(76(68)72)67-15-9-17-71(73)75(67)69)78(66-45-37-62(38-46-66)52-60-13-7-4-8-14-60)64-41-33-58(34-42-64)30-28-56-25-21-54(2)22-26-56/h9-10,15-52H,3-8,11-14H2,1-2H3. The molecule has 2 heteroatoms. The SMILES string of the molecule is Cc1ccc(C=Cc2ccc(N(c3ccc(C=C4CCCCC4)cc3)c3ccc4c5cccc6c(N(c7ccc(C=Cc8ccc(C)cc8)cc7)c7ccc(C=C8CCCCC8)cc7)ccc(c7cccc3c74)c65)cc2)cc1. The van der Waals surface area contributed by atoms with Crippen molar-refractivity contribution in [1.82, 2.24) is 0 Å². The van der Waals surface area contributed by atoms with Crippen LogP contribution in [0.5, 0.6) is 0 Å². The van der Waals surface area contributed by atoms with Crippen molar-refractivity contribution >= 4 is 114 Å². The summed E-state index contributed by atoms with van der Waals surface area (Å²) in [5.41, 5.74) is 19.8. The van der Waals surface area contributed by atoms with E-state index in [4.69, 9.17) is 0 Å². The van der Waals surface area contributed by atoms with Crippen LogP contribution in [0.2, 0.25) is 0 Å². The van der Waals surface area contributed by atoms with Crippen LogP contribution in [0.3, 0.4) is 0 Å². The van der Waals surface area contributed by atoms with E-state index in [2.05, 4.69) is 266 Å². The first-order chi connectivity index (χ1) is 38.5. The minimum absolute atomic E-state index is 1.12. The van der Waals surface area contributed by atoms with Crippen molar-refractivity contribution in [2.24, 2.45) is 0 Å². The van der Waals surface area contributed by atoms with E-state index in [0.29, 0.717) is 0 Å². The average Bonchev–Trinajstić information content (AvgIpc) is 3.63. The monoisotopic (exact) mass is 1010 g/mol. The number of aryl methyl sites for hydroxylation is 2. The largest absolute Gasteiger partial charge is 0.310 e. The van der Waals surface area contributed by atoms with Gasteiger partial charge in [0.05, 0.1) is 11.4 Å². The van der Waals surface area contributed by atoms with Crippen LogP contribution in [0.25, 0.3) is 79.5 Å². The number of rotatable bonds is 12. The summed E-state index contributed by atoms with van der Waals surface area (Å²) in [5.74, 6) is 0. The third-order valence-corrected chi connectivity index (χ3v) is 16.5. The molecular formula is C76H66N2. The summed E-state index contributed by atoms with van der Waals surface area (Å²) in [6.45, 7) is 4.27. The number of allylic oxidation sites excluding steroid dienone is 2. The van der Waals surface area contributed by atoms with E-state index in [-0.39, 0.29) is 0 Å². The highest BCUT2D eigenvalue weighted by atomic mass is 15.1. The molecule has 0 bridgehead atoms. The number of benzene rings is 11. The van der Waals surface area contributed by atoms with Gasteiger partial charge in [-0.2, -0.15) is 0 Å². The van der Waals surface area contributed by atoms with Gasteiger partial charge in [-0.1, -0.05) is 217 Å². The summed E-state index contributed by atoms with van der Waals surface area (Å²) in [6.07, 6.45) is 26.4. The van der Waals surface area contributed by atoms with Gasteiger partial charge in [-0.25, -0.2) is 0 Å². The van der Waals surface area contributed by atoms with Gasteiger partial charge in [0.25, 0.3) is 0 Å². The van der Waals surface area contributed by atoms with Crippen molar-refractivity contribution in [1.29, 1.82) is 0 Å². The van der Waals surface area contributed by atoms with E-state index in [9.17, 15) is 0 Å². The molecule has 11 aromatic carbocycles. The number of anilines is 6. The van der Waals surface area contributed by atoms with Crippen LogP contribution >= 0.6 is 0 Å². The molecule has 0 atom stereocenters. The molecule has 0 radical (unpaired) electrons. The van der Waals surface area contributed by atoms with E-state index in [0.717, 1.165) is 34.1 Å². The zero-order chi connectivity index (χ0) is 52.4. The van der Waals surface area contributed by atoms with Crippen LogP contribution in [0.4, 0.5) is 34.1 Å². The summed E-state index contributed by atoms with van der Waals surface area (Å²) in [6, 6.07) is 77.4. The fraction of sp³-hybridized carbons (Fsp3) is 0.158. The lowest BCUT2D eigenvalue weighted by molar-refractivity contribution is 0.602. The molecular weight excluding hydrogens is 941 g/mol. The lowest BCUT2D eigenvalue weighted by atomic mass is 9.88. The summed E-state index contributed by atoms with van der Waals surface area (Å²) < 4.78 is 0. The Morgan fingerprint density at radius 3 is 0.885 bits per heavy atom. The Labute approximate surface area is 461 Å². The van der Waals surface area contributed by atoms with Crippen LogP contribution in [-0.2, 0) is 0 Å². The Balaban J connectivity index is 0.923. The molecule has 2 aliphatic carbocycles. The first-order valence-electron chi connectivity index (χ1n) is 28.5. The zero-order valence-corrected chi connectivity index (χ0v) is 45.1. The Morgan fingerprint density at radius 1 is 0.269 bits per heavy atom. The Kier molecular flexibility index (Phi) is 13.6. The topological polar surface area (TPSA) is 6.48 Å². The average molecular weight is 1010 g/mol. The molecule has 2 saturated carbocycles. The number of nitrogens with zero attached hydrogens (tertiary/aromatic N) is 2. The van der Waals surface area contributed by atoms with E-state index < -0.39 is 0 Å². The van der Waals surface area contributed by atoms with Gasteiger partial charge in [-0.3, -0.25) is 0 Å². The van der Waals surface area contributed by atoms with Gasteiger partial charge in [-0.15, -0.1) is 0 Å². The second-order valence-electron chi connectivity index (χ2n) is 22.0. The van der Waals surface area contributed by atoms with E-state index >= 15 is 0 Å². The van der Waals surface area contributed by atoms with Crippen molar-refractivity contribution < 1.29 is 0 Å². The molecule has 0 saturated heterocycles. The van der Waals surface area contributed by atoms with Crippen LogP contribution in [0.1, 0.15) is 109 Å². The lowest BCUT2D eigenvalue weighted by Gasteiger charge is -2.29. The second-order valence-corrected chi connectivity index (χ2v) is 22.0. The molecule has 2 fully saturated rings. The smallest absolute Gasteiger partial charge is 0.0540 e.